The number of fused-ring (bicyclic) bond motifs is 1. The predicted molar refractivity (Wildman–Crippen MR) is 104 cm³/mol. The van der Waals surface area contributed by atoms with E-state index in [-0.39, 0.29) is 11.7 Å². The molecule has 5 aromatic rings. The quantitative estimate of drug-likeness (QED) is 0.458. The monoisotopic (exact) mass is 387 g/mol. The molecule has 0 fully saturated rings. The Labute approximate surface area is 164 Å². The van der Waals surface area contributed by atoms with Crippen LogP contribution in [0.4, 0.5) is 4.39 Å². The first kappa shape index (κ1) is 17.1. The fourth-order valence-electron chi connectivity index (χ4n) is 3.07. The van der Waals surface area contributed by atoms with E-state index in [0.717, 1.165) is 16.9 Å². The smallest absolute Gasteiger partial charge is 0.267 e. The fraction of sp³-hybridized carbons (Fsp3) is 0.0476. The van der Waals surface area contributed by atoms with Gasteiger partial charge in [0.05, 0.1) is 7.11 Å². The number of ether oxygens (including phenoxy) is 1. The van der Waals surface area contributed by atoms with Crippen LogP contribution in [-0.4, -0.2) is 31.7 Å². The number of hydrogen-bond acceptors (Lipinski definition) is 6. The molecular weight excluding hydrogens is 373 g/mol. The number of rotatable bonds is 4. The van der Waals surface area contributed by atoms with Gasteiger partial charge >= 0.3 is 0 Å². The van der Waals surface area contributed by atoms with Crippen LogP contribution in [0, 0.1) is 5.82 Å². The zero-order chi connectivity index (χ0) is 19.8. The third-order valence-corrected chi connectivity index (χ3v) is 4.49. The minimum Gasteiger partial charge on any atom is -0.497 e. The van der Waals surface area contributed by atoms with Gasteiger partial charge in [-0.2, -0.15) is 0 Å². The van der Waals surface area contributed by atoms with Crippen LogP contribution >= 0.6 is 0 Å². The lowest BCUT2D eigenvalue weighted by Crippen LogP contribution is -1.91. The highest BCUT2D eigenvalue weighted by molar-refractivity contribution is 5.78. The van der Waals surface area contributed by atoms with Gasteiger partial charge in [-0.05, 0) is 54.6 Å². The lowest BCUT2D eigenvalue weighted by molar-refractivity contribution is 0.415. The topological polar surface area (TPSA) is 78.3 Å². The lowest BCUT2D eigenvalue weighted by Gasteiger charge is -2.01. The van der Waals surface area contributed by atoms with Crippen molar-refractivity contribution in [3.63, 3.8) is 0 Å². The van der Waals surface area contributed by atoms with Crippen LogP contribution in [-0.2, 0) is 0 Å². The van der Waals surface area contributed by atoms with Gasteiger partial charge in [0.25, 0.3) is 5.89 Å². The van der Waals surface area contributed by atoms with Crippen molar-refractivity contribution in [3.8, 4) is 40.0 Å². The average Bonchev–Trinajstić information content (AvgIpc) is 3.39. The zero-order valence-corrected chi connectivity index (χ0v) is 15.3. The Morgan fingerprint density at radius 3 is 2.41 bits per heavy atom. The van der Waals surface area contributed by atoms with Crippen LogP contribution in [0.1, 0.15) is 0 Å². The molecule has 0 bridgehead atoms. The number of methoxy groups -OCH3 is 1. The van der Waals surface area contributed by atoms with Gasteiger partial charge in [0.1, 0.15) is 23.0 Å². The number of hydrogen-bond donors (Lipinski definition) is 0. The minimum absolute atomic E-state index is 0.288. The first-order chi connectivity index (χ1) is 14.2. The van der Waals surface area contributed by atoms with Gasteiger partial charge in [-0.25, -0.2) is 14.4 Å². The Balaban J connectivity index is 1.65. The molecule has 0 unspecified atom stereocenters. The van der Waals surface area contributed by atoms with Crippen molar-refractivity contribution in [1.29, 1.82) is 0 Å². The first-order valence-electron chi connectivity index (χ1n) is 8.80. The summed E-state index contributed by atoms with van der Waals surface area (Å²) in [6.45, 7) is 0. The fourth-order valence-corrected chi connectivity index (χ4v) is 3.07. The highest BCUT2D eigenvalue weighted by atomic mass is 19.1. The molecule has 0 amide bonds. The maximum atomic E-state index is 13.4. The molecule has 3 heterocycles. The van der Waals surface area contributed by atoms with Crippen LogP contribution < -0.4 is 4.74 Å². The second-order valence-electron chi connectivity index (χ2n) is 6.25. The Kier molecular flexibility index (Phi) is 4.02. The van der Waals surface area contributed by atoms with Gasteiger partial charge < -0.3 is 9.15 Å². The van der Waals surface area contributed by atoms with E-state index in [0.29, 0.717) is 23.1 Å². The first-order valence-corrected chi connectivity index (χ1v) is 8.80. The summed E-state index contributed by atoms with van der Waals surface area (Å²) in [5, 5.41) is 8.40. The van der Waals surface area contributed by atoms with Crippen molar-refractivity contribution in [3.05, 3.63) is 72.8 Å². The molecule has 0 saturated carbocycles. The van der Waals surface area contributed by atoms with Crippen LogP contribution in [0.2, 0.25) is 0 Å². The van der Waals surface area contributed by atoms with Gasteiger partial charge in [0, 0.05) is 23.5 Å². The summed E-state index contributed by atoms with van der Waals surface area (Å²) in [4.78, 5) is 8.87. The van der Waals surface area contributed by atoms with Crippen molar-refractivity contribution < 1.29 is 13.5 Å². The Morgan fingerprint density at radius 2 is 1.66 bits per heavy atom. The zero-order valence-electron chi connectivity index (χ0n) is 15.3. The van der Waals surface area contributed by atoms with Gasteiger partial charge in [-0.1, -0.05) is 0 Å². The molecule has 7 nitrogen and oxygen atoms in total. The SMILES string of the molecule is COc1ccc(-c2nnc(-c3c(-c4ccc(F)cc4)nc4ncccn34)o2)cc1. The Bertz CT molecular complexity index is 1290. The number of halogens is 1. The van der Waals surface area contributed by atoms with E-state index in [2.05, 4.69) is 20.2 Å². The Hall–Kier alpha value is -4.07. The van der Waals surface area contributed by atoms with Crippen molar-refractivity contribution in [2.75, 3.05) is 7.11 Å². The van der Waals surface area contributed by atoms with Gasteiger partial charge in [0.15, 0.2) is 0 Å². The van der Waals surface area contributed by atoms with Crippen LogP contribution in [0.3, 0.4) is 0 Å². The number of aromatic nitrogens is 5. The molecule has 0 aliphatic carbocycles. The third kappa shape index (κ3) is 3.00. The van der Waals surface area contributed by atoms with E-state index in [1.807, 2.05) is 30.5 Å². The van der Waals surface area contributed by atoms with E-state index in [1.165, 1.54) is 12.1 Å². The molecule has 5 rings (SSSR count). The number of imidazole rings is 1. The second-order valence-corrected chi connectivity index (χ2v) is 6.25. The van der Waals surface area contributed by atoms with Crippen LogP contribution in [0.25, 0.3) is 40.1 Å². The molecule has 8 heteroatoms. The summed E-state index contributed by atoms with van der Waals surface area (Å²) in [5.41, 5.74) is 2.65. The van der Waals surface area contributed by atoms with E-state index < -0.39 is 0 Å². The molecule has 0 saturated heterocycles. The van der Waals surface area contributed by atoms with E-state index in [4.69, 9.17) is 9.15 Å². The normalized spacial score (nSPS) is 11.1. The molecule has 2 aromatic carbocycles. The summed E-state index contributed by atoms with van der Waals surface area (Å²) in [5.74, 6) is 1.55. The number of benzene rings is 2. The highest BCUT2D eigenvalue weighted by Gasteiger charge is 2.22. The molecule has 0 radical (unpaired) electrons. The predicted octanol–water partition coefficient (Wildman–Crippen LogP) is 4.26. The largest absolute Gasteiger partial charge is 0.497 e. The van der Waals surface area contributed by atoms with Crippen molar-refractivity contribution in [2.45, 2.75) is 0 Å². The van der Waals surface area contributed by atoms with Crippen molar-refractivity contribution >= 4 is 5.78 Å². The van der Waals surface area contributed by atoms with Crippen LogP contribution in [0.15, 0.2) is 71.4 Å². The molecule has 29 heavy (non-hydrogen) atoms. The summed E-state index contributed by atoms with van der Waals surface area (Å²) < 4.78 is 26.3. The van der Waals surface area contributed by atoms with Gasteiger partial charge in [-0.15, -0.1) is 10.2 Å². The second kappa shape index (κ2) is 6.83. The average molecular weight is 387 g/mol. The standard InChI is InChI=1S/C21H14FN5O2/c1-28-16-9-5-14(6-10-16)19-25-26-20(29-19)18-17(13-3-7-15(22)8-4-13)24-21-23-11-2-12-27(18)21/h2-12H,1H3. The minimum atomic E-state index is -0.322. The maximum Gasteiger partial charge on any atom is 0.267 e. The molecule has 142 valence electrons. The summed E-state index contributed by atoms with van der Waals surface area (Å²) >= 11 is 0. The van der Waals surface area contributed by atoms with E-state index in [9.17, 15) is 4.39 Å². The molecule has 0 N–H and O–H groups in total. The summed E-state index contributed by atoms with van der Waals surface area (Å²) in [7, 11) is 1.61. The molecule has 3 aromatic heterocycles. The number of nitrogens with zero attached hydrogens (tertiary/aromatic N) is 5. The summed E-state index contributed by atoms with van der Waals surface area (Å²) in [6.07, 6.45) is 3.46. The molecule has 0 atom stereocenters. The third-order valence-electron chi connectivity index (χ3n) is 4.49. The van der Waals surface area contributed by atoms with Gasteiger partial charge in [0.2, 0.25) is 11.7 Å². The molecule has 0 aliphatic heterocycles. The molecule has 0 spiro atoms. The van der Waals surface area contributed by atoms with Gasteiger partial charge in [-0.3, -0.25) is 4.40 Å². The lowest BCUT2D eigenvalue weighted by atomic mass is 10.1. The summed E-state index contributed by atoms with van der Waals surface area (Å²) in [6, 6.07) is 15.2. The van der Waals surface area contributed by atoms with E-state index in [1.54, 1.807) is 35.9 Å². The Morgan fingerprint density at radius 1 is 0.931 bits per heavy atom. The molecular formula is C21H14FN5O2. The van der Waals surface area contributed by atoms with Crippen molar-refractivity contribution in [1.82, 2.24) is 24.6 Å². The van der Waals surface area contributed by atoms with Crippen LogP contribution in [0.5, 0.6) is 5.75 Å². The maximum absolute atomic E-state index is 13.4. The van der Waals surface area contributed by atoms with E-state index >= 15 is 0 Å². The highest BCUT2D eigenvalue weighted by Crippen LogP contribution is 2.33. The van der Waals surface area contributed by atoms with Crippen molar-refractivity contribution in [2.24, 2.45) is 0 Å². The molecule has 0 aliphatic rings.